The van der Waals surface area contributed by atoms with Gasteiger partial charge in [-0.05, 0) is 23.9 Å². The second-order valence-electron chi connectivity index (χ2n) is 2.91. The maximum Gasteiger partial charge on any atom is 0.488 e. The predicted octanol–water partition coefficient (Wildman–Crippen LogP) is 0.538. The van der Waals surface area contributed by atoms with Gasteiger partial charge in [-0.3, -0.25) is 0 Å². The van der Waals surface area contributed by atoms with E-state index in [0.29, 0.717) is 11.3 Å². The Morgan fingerprint density at radius 2 is 2.08 bits per heavy atom. The highest BCUT2D eigenvalue weighted by atomic mass is 35.5. The molecule has 0 aliphatic rings. The molecule has 0 aliphatic heterocycles. The molecule has 1 aromatic rings. The van der Waals surface area contributed by atoms with E-state index in [1.165, 1.54) is 0 Å². The van der Waals surface area contributed by atoms with E-state index in [0.717, 1.165) is 18.4 Å². The van der Waals surface area contributed by atoms with Gasteiger partial charge in [0.25, 0.3) is 0 Å². The Kier molecular flexibility index (Phi) is 4.29. The molecule has 2 nitrogen and oxygen atoms in total. The van der Waals surface area contributed by atoms with Crippen LogP contribution >= 0.6 is 11.6 Å². The van der Waals surface area contributed by atoms with Gasteiger partial charge in [-0.1, -0.05) is 24.3 Å². The molecule has 0 unspecified atom stereocenters. The van der Waals surface area contributed by atoms with Gasteiger partial charge in [0.2, 0.25) is 0 Å². The summed E-state index contributed by atoms with van der Waals surface area (Å²) in [4.78, 5) is 0. The molecule has 70 valence electrons. The van der Waals surface area contributed by atoms with Crippen molar-refractivity contribution in [3.05, 3.63) is 29.8 Å². The molecule has 0 aliphatic carbocycles. The van der Waals surface area contributed by atoms with Gasteiger partial charge in [0.15, 0.2) is 0 Å². The van der Waals surface area contributed by atoms with E-state index >= 15 is 0 Å². The monoisotopic (exact) mass is 198 g/mol. The summed E-state index contributed by atoms with van der Waals surface area (Å²) in [5.41, 5.74) is 1.62. The van der Waals surface area contributed by atoms with E-state index in [2.05, 4.69) is 0 Å². The number of rotatable bonds is 4. The van der Waals surface area contributed by atoms with Crippen molar-refractivity contribution < 1.29 is 10.0 Å². The van der Waals surface area contributed by atoms with Crippen LogP contribution in [0, 0.1) is 0 Å². The summed E-state index contributed by atoms with van der Waals surface area (Å²) in [5.74, 6) is 0.631. The van der Waals surface area contributed by atoms with E-state index in [4.69, 9.17) is 21.6 Å². The summed E-state index contributed by atoms with van der Waals surface area (Å²) in [6.07, 6.45) is 1.79. The van der Waals surface area contributed by atoms with E-state index in [9.17, 15) is 0 Å². The fourth-order valence-electron chi connectivity index (χ4n) is 1.18. The molecule has 2 N–H and O–H groups in total. The Morgan fingerprint density at radius 3 is 2.69 bits per heavy atom. The molecule has 0 heterocycles. The second kappa shape index (κ2) is 5.27. The Balaban J connectivity index is 2.68. The molecular formula is C9H12BClO2. The number of aryl methyl sites for hydroxylation is 1. The number of hydrogen-bond donors (Lipinski definition) is 2. The van der Waals surface area contributed by atoms with Crippen LogP contribution in [0.1, 0.15) is 12.0 Å². The minimum absolute atomic E-state index is 0.534. The van der Waals surface area contributed by atoms with E-state index in [1.54, 1.807) is 12.1 Å². The zero-order chi connectivity index (χ0) is 9.68. The highest BCUT2D eigenvalue weighted by Gasteiger charge is 2.10. The fourth-order valence-corrected chi connectivity index (χ4v) is 1.31. The third-order valence-electron chi connectivity index (χ3n) is 1.85. The van der Waals surface area contributed by atoms with Crippen LogP contribution in [0.4, 0.5) is 0 Å². The van der Waals surface area contributed by atoms with Gasteiger partial charge in [0.1, 0.15) is 0 Å². The Labute approximate surface area is 83.3 Å². The van der Waals surface area contributed by atoms with Crippen LogP contribution in [0.5, 0.6) is 0 Å². The van der Waals surface area contributed by atoms with Crippen molar-refractivity contribution in [3.63, 3.8) is 0 Å². The molecule has 0 amide bonds. The van der Waals surface area contributed by atoms with Crippen molar-refractivity contribution in [1.82, 2.24) is 0 Å². The smallest absolute Gasteiger partial charge is 0.423 e. The average molecular weight is 198 g/mol. The molecule has 1 rings (SSSR count). The van der Waals surface area contributed by atoms with Crippen molar-refractivity contribution >= 4 is 24.2 Å². The third-order valence-corrected chi connectivity index (χ3v) is 2.12. The summed E-state index contributed by atoms with van der Waals surface area (Å²) in [6, 6.07) is 7.25. The highest BCUT2D eigenvalue weighted by Crippen LogP contribution is 2.02. The largest absolute Gasteiger partial charge is 0.488 e. The molecule has 0 saturated heterocycles. The minimum Gasteiger partial charge on any atom is -0.423 e. The van der Waals surface area contributed by atoms with Gasteiger partial charge in [-0.15, -0.1) is 11.6 Å². The third kappa shape index (κ3) is 3.39. The first-order chi connectivity index (χ1) is 6.24. The summed E-state index contributed by atoms with van der Waals surface area (Å²) >= 11 is 5.55. The maximum atomic E-state index is 8.90. The Hall–Kier alpha value is -0.505. The number of hydrogen-bond acceptors (Lipinski definition) is 2. The van der Waals surface area contributed by atoms with Crippen molar-refractivity contribution in [2.45, 2.75) is 12.8 Å². The first-order valence-corrected chi connectivity index (χ1v) is 4.78. The maximum absolute atomic E-state index is 8.90. The lowest BCUT2D eigenvalue weighted by molar-refractivity contribution is 0.425. The predicted molar refractivity (Wildman–Crippen MR) is 55.3 cm³/mol. The zero-order valence-electron chi connectivity index (χ0n) is 7.28. The van der Waals surface area contributed by atoms with Crippen LogP contribution in [0.25, 0.3) is 0 Å². The molecule has 0 saturated carbocycles. The second-order valence-corrected chi connectivity index (χ2v) is 3.29. The van der Waals surface area contributed by atoms with Crippen molar-refractivity contribution in [2.24, 2.45) is 0 Å². The Morgan fingerprint density at radius 1 is 1.31 bits per heavy atom. The van der Waals surface area contributed by atoms with Crippen molar-refractivity contribution in [1.29, 1.82) is 0 Å². The average Bonchev–Trinajstić information content (AvgIpc) is 2.15. The van der Waals surface area contributed by atoms with Gasteiger partial charge in [0.05, 0.1) is 0 Å². The fraction of sp³-hybridized carbons (Fsp3) is 0.333. The molecule has 13 heavy (non-hydrogen) atoms. The lowest BCUT2D eigenvalue weighted by Gasteiger charge is -2.02. The van der Waals surface area contributed by atoms with E-state index in [1.807, 2.05) is 12.1 Å². The number of halogens is 1. The van der Waals surface area contributed by atoms with Crippen LogP contribution in [0.2, 0.25) is 0 Å². The van der Waals surface area contributed by atoms with Crippen molar-refractivity contribution in [2.75, 3.05) is 5.88 Å². The zero-order valence-corrected chi connectivity index (χ0v) is 8.04. The lowest BCUT2D eigenvalue weighted by Crippen LogP contribution is -2.29. The van der Waals surface area contributed by atoms with Gasteiger partial charge in [0, 0.05) is 5.88 Å². The normalized spacial score (nSPS) is 10.1. The van der Waals surface area contributed by atoms with Crippen LogP contribution in [-0.4, -0.2) is 23.0 Å². The quantitative estimate of drug-likeness (QED) is 0.548. The van der Waals surface area contributed by atoms with Gasteiger partial charge >= 0.3 is 7.12 Å². The molecule has 0 atom stereocenters. The van der Waals surface area contributed by atoms with Crippen LogP contribution in [-0.2, 0) is 6.42 Å². The molecular weight excluding hydrogens is 186 g/mol. The molecule has 0 bridgehead atoms. The molecule has 0 spiro atoms. The first-order valence-electron chi connectivity index (χ1n) is 4.25. The van der Waals surface area contributed by atoms with Gasteiger partial charge in [-0.2, -0.15) is 0 Å². The standard InChI is InChI=1S/C9H12BClO2/c11-6-2-4-8-3-1-5-9(7-8)10(12)13/h1,3,5,7,12-13H,2,4,6H2. The first kappa shape index (κ1) is 10.6. The van der Waals surface area contributed by atoms with Crippen molar-refractivity contribution in [3.8, 4) is 0 Å². The van der Waals surface area contributed by atoms with Crippen LogP contribution in [0.3, 0.4) is 0 Å². The van der Waals surface area contributed by atoms with E-state index in [-0.39, 0.29) is 0 Å². The van der Waals surface area contributed by atoms with E-state index < -0.39 is 7.12 Å². The summed E-state index contributed by atoms with van der Waals surface area (Å²) in [6.45, 7) is 0. The summed E-state index contributed by atoms with van der Waals surface area (Å²) in [5, 5.41) is 17.8. The molecule has 0 aromatic heterocycles. The highest BCUT2D eigenvalue weighted by molar-refractivity contribution is 6.58. The topological polar surface area (TPSA) is 40.5 Å². The molecule has 0 radical (unpaired) electrons. The molecule has 1 aromatic carbocycles. The van der Waals surface area contributed by atoms with Crippen LogP contribution in [0.15, 0.2) is 24.3 Å². The number of benzene rings is 1. The number of alkyl halides is 1. The van der Waals surface area contributed by atoms with Crippen LogP contribution < -0.4 is 5.46 Å². The Bertz CT molecular complexity index is 266. The van der Waals surface area contributed by atoms with Gasteiger partial charge in [-0.25, -0.2) is 0 Å². The van der Waals surface area contributed by atoms with Gasteiger partial charge < -0.3 is 10.0 Å². The minimum atomic E-state index is -1.38. The molecule has 4 heteroatoms. The SMILES string of the molecule is OB(O)c1cccc(CCCCl)c1. The lowest BCUT2D eigenvalue weighted by atomic mass is 9.79. The molecule has 0 fully saturated rings. The summed E-state index contributed by atoms with van der Waals surface area (Å²) in [7, 11) is -1.38. The summed E-state index contributed by atoms with van der Waals surface area (Å²) < 4.78 is 0.